The maximum absolute atomic E-state index is 5.79. The third-order valence-corrected chi connectivity index (χ3v) is 4.34. The quantitative estimate of drug-likeness (QED) is 0.684. The molecule has 1 saturated carbocycles. The Hall–Kier alpha value is -0.0400. The smallest absolute Gasteiger partial charge is 0.00488 e. The zero-order chi connectivity index (χ0) is 11.8. The highest BCUT2D eigenvalue weighted by atomic mass is 14.6. The molecule has 0 spiro atoms. The van der Waals surface area contributed by atoms with Crippen LogP contribution in [0.25, 0.3) is 0 Å². The second-order valence-electron chi connectivity index (χ2n) is 5.96. The van der Waals surface area contributed by atoms with Gasteiger partial charge in [0.1, 0.15) is 0 Å². The summed E-state index contributed by atoms with van der Waals surface area (Å²) in [5.74, 6) is 2.77. The molecule has 0 heterocycles. The van der Waals surface area contributed by atoms with Crippen LogP contribution in [0.5, 0.6) is 0 Å². The lowest BCUT2D eigenvalue weighted by atomic mass is 9.78. The first kappa shape index (κ1) is 14.0. The van der Waals surface area contributed by atoms with E-state index in [2.05, 4.69) is 13.8 Å². The molecule has 3 atom stereocenters. The summed E-state index contributed by atoms with van der Waals surface area (Å²) in [6, 6.07) is 0. The Morgan fingerprint density at radius 2 is 1.94 bits per heavy atom. The molecule has 0 aromatic rings. The summed E-state index contributed by atoms with van der Waals surface area (Å²) in [6.45, 7) is 5.64. The average molecular weight is 225 g/mol. The summed E-state index contributed by atoms with van der Waals surface area (Å²) in [6.07, 6.45) is 12.8. The minimum absolute atomic E-state index is 0.838. The molecule has 0 aliphatic heterocycles. The summed E-state index contributed by atoms with van der Waals surface area (Å²) >= 11 is 0. The van der Waals surface area contributed by atoms with Crippen LogP contribution in [-0.2, 0) is 0 Å². The number of hydrogen-bond donors (Lipinski definition) is 1. The molecule has 1 nitrogen and oxygen atoms in total. The van der Waals surface area contributed by atoms with E-state index in [0.29, 0.717) is 0 Å². The van der Waals surface area contributed by atoms with Crippen LogP contribution < -0.4 is 5.73 Å². The molecule has 1 fully saturated rings. The molecule has 0 bridgehead atoms. The van der Waals surface area contributed by atoms with Crippen LogP contribution in [0.1, 0.15) is 71.6 Å². The predicted molar refractivity (Wildman–Crippen MR) is 72.4 cm³/mol. The van der Waals surface area contributed by atoms with Crippen molar-refractivity contribution in [3.8, 4) is 0 Å². The third-order valence-electron chi connectivity index (χ3n) is 4.34. The molecule has 1 rings (SSSR count). The van der Waals surface area contributed by atoms with Gasteiger partial charge in [0, 0.05) is 0 Å². The van der Waals surface area contributed by atoms with Crippen LogP contribution in [0.3, 0.4) is 0 Å². The molecule has 0 aromatic carbocycles. The second kappa shape index (κ2) is 8.11. The van der Waals surface area contributed by atoms with Crippen molar-refractivity contribution < 1.29 is 0 Å². The molecule has 0 saturated heterocycles. The van der Waals surface area contributed by atoms with Gasteiger partial charge in [-0.3, -0.25) is 0 Å². The van der Waals surface area contributed by atoms with E-state index in [1.54, 1.807) is 0 Å². The Morgan fingerprint density at radius 3 is 2.62 bits per heavy atom. The Labute approximate surface area is 102 Å². The summed E-state index contributed by atoms with van der Waals surface area (Å²) in [4.78, 5) is 0. The molecule has 2 N–H and O–H groups in total. The van der Waals surface area contributed by atoms with Crippen molar-refractivity contribution >= 4 is 0 Å². The molecule has 0 amide bonds. The fourth-order valence-corrected chi connectivity index (χ4v) is 3.10. The molecule has 0 radical (unpaired) electrons. The number of unbranched alkanes of at least 4 members (excludes halogenated alkanes) is 1. The fraction of sp³-hybridized carbons (Fsp3) is 1.00. The lowest BCUT2D eigenvalue weighted by Crippen LogP contribution is -2.22. The van der Waals surface area contributed by atoms with E-state index in [1.165, 1.54) is 57.8 Å². The van der Waals surface area contributed by atoms with Gasteiger partial charge in [-0.15, -0.1) is 0 Å². The van der Waals surface area contributed by atoms with Crippen molar-refractivity contribution in [3.05, 3.63) is 0 Å². The van der Waals surface area contributed by atoms with Gasteiger partial charge in [-0.05, 0) is 37.1 Å². The van der Waals surface area contributed by atoms with Crippen molar-refractivity contribution in [3.63, 3.8) is 0 Å². The summed E-state index contributed by atoms with van der Waals surface area (Å²) in [7, 11) is 0. The monoisotopic (exact) mass is 225 g/mol. The first-order valence-electron chi connectivity index (χ1n) is 7.46. The van der Waals surface area contributed by atoms with Crippen LogP contribution in [0.4, 0.5) is 0 Å². The second-order valence-corrected chi connectivity index (χ2v) is 5.96. The minimum atomic E-state index is 0.838. The van der Waals surface area contributed by atoms with E-state index >= 15 is 0 Å². The van der Waals surface area contributed by atoms with Gasteiger partial charge < -0.3 is 5.73 Å². The fourth-order valence-electron chi connectivity index (χ4n) is 3.10. The van der Waals surface area contributed by atoms with Gasteiger partial charge >= 0.3 is 0 Å². The van der Waals surface area contributed by atoms with Crippen LogP contribution in [0.15, 0.2) is 0 Å². The minimum Gasteiger partial charge on any atom is -0.330 e. The Balaban J connectivity index is 2.11. The lowest BCUT2D eigenvalue weighted by Gasteiger charge is -2.29. The van der Waals surface area contributed by atoms with Gasteiger partial charge in [-0.2, -0.15) is 0 Å². The summed E-state index contributed by atoms with van der Waals surface area (Å²) in [5.41, 5.74) is 5.79. The van der Waals surface area contributed by atoms with Crippen molar-refractivity contribution in [2.24, 2.45) is 23.5 Å². The zero-order valence-corrected chi connectivity index (χ0v) is 11.4. The standard InChI is InChI=1S/C15H31N/c1-3-4-6-13(2)9-10-14-7-5-8-15(11-14)12-16/h13-15H,3-12,16H2,1-2H3. The van der Waals surface area contributed by atoms with Crippen LogP contribution >= 0.6 is 0 Å². The van der Waals surface area contributed by atoms with Crippen LogP contribution in [-0.4, -0.2) is 6.54 Å². The van der Waals surface area contributed by atoms with Gasteiger partial charge in [0.2, 0.25) is 0 Å². The Kier molecular flexibility index (Phi) is 7.11. The molecule has 1 aliphatic carbocycles. The lowest BCUT2D eigenvalue weighted by molar-refractivity contribution is 0.244. The number of nitrogens with two attached hydrogens (primary N) is 1. The third kappa shape index (κ3) is 5.34. The Morgan fingerprint density at radius 1 is 1.19 bits per heavy atom. The van der Waals surface area contributed by atoms with E-state index in [-0.39, 0.29) is 0 Å². The molecular formula is C15H31N. The molecule has 1 aliphatic rings. The largest absolute Gasteiger partial charge is 0.330 e. The molecule has 0 aromatic heterocycles. The summed E-state index contributed by atoms with van der Waals surface area (Å²) in [5, 5.41) is 0. The van der Waals surface area contributed by atoms with Crippen LogP contribution in [0, 0.1) is 17.8 Å². The van der Waals surface area contributed by atoms with Gasteiger partial charge in [0.25, 0.3) is 0 Å². The highest BCUT2D eigenvalue weighted by Gasteiger charge is 2.21. The van der Waals surface area contributed by atoms with E-state index in [0.717, 1.165) is 24.3 Å². The van der Waals surface area contributed by atoms with Crippen molar-refractivity contribution in [1.29, 1.82) is 0 Å². The van der Waals surface area contributed by atoms with E-state index < -0.39 is 0 Å². The molecule has 1 heteroatoms. The van der Waals surface area contributed by atoms with Gasteiger partial charge in [0.15, 0.2) is 0 Å². The normalized spacial score (nSPS) is 27.9. The first-order valence-corrected chi connectivity index (χ1v) is 7.46. The molecular weight excluding hydrogens is 194 g/mol. The summed E-state index contributed by atoms with van der Waals surface area (Å²) < 4.78 is 0. The highest BCUT2D eigenvalue weighted by molar-refractivity contribution is 4.74. The van der Waals surface area contributed by atoms with Crippen LogP contribution in [0.2, 0.25) is 0 Å². The average Bonchev–Trinajstić information content (AvgIpc) is 2.34. The van der Waals surface area contributed by atoms with Gasteiger partial charge in [0.05, 0.1) is 0 Å². The SMILES string of the molecule is CCCCC(C)CCC1CCCC(CN)C1. The molecule has 96 valence electrons. The highest BCUT2D eigenvalue weighted by Crippen LogP contribution is 2.32. The maximum atomic E-state index is 5.79. The van der Waals surface area contributed by atoms with E-state index in [1.807, 2.05) is 0 Å². The predicted octanol–water partition coefficient (Wildman–Crippen LogP) is 4.36. The topological polar surface area (TPSA) is 26.0 Å². The number of hydrogen-bond acceptors (Lipinski definition) is 1. The maximum Gasteiger partial charge on any atom is -0.00488 e. The number of rotatable bonds is 7. The van der Waals surface area contributed by atoms with E-state index in [9.17, 15) is 0 Å². The van der Waals surface area contributed by atoms with Crippen molar-refractivity contribution in [2.75, 3.05) is 6.54 Å². The van der Waals surface area contributed by atoms with Gasteiger partial charge in [-0.1, -0.05) is 58.8 Å². The van der Waals surface area contributed by atoms with Gasteiger partial charge in [-0.25, -0.2) is 0 Å². The molecule has 16 heavy (non-hydrogen) atoms. The zero-order valence-electron chi connectivity index (χ0n) is 11.4. The van der Waals surface area contributed by atoms with E-state index in [4.69, 9.17) is 5.73 Å². The first-order chi connectivity index (χ1) is 7.76. The van der Waals surface area contributed by atoms with Crippen molar-refractivity contribution in [1.82, 2.24) is 0 Å². The molecule has 3 unspecified atom stereocenters. The Bertz CT molecular complexity index is 167. The van der Waals surface area contributed by atoms with Crippen molar-refractivity contribution in [2.45, 2.75) is 71.6 Å².